The highest BCUT2D eigenvalue weighted by molar-refractivity contribution is 5.89. The first-order valence-corrected chi connectivity index (χ1v) is 14.7. The van der Waals surface area contributed by atoms with Crippen molar-refractivity contribution in [3.05, 3.63) is 41.5 Å². The topological polar surface area (TPSA) is 52.3 Å². The van der Waals surface area contributed by atoms with Gasteiger partial charge in [-0.15, -0.1) is 0 Å². The largest absolute Gasteiger partial charge is 0.465 e. The normalized spacial score (nSPS) is 44.9. The molecule has 3 nitrogen and oxygen atoms in total. The number of hydrogen-bond donors (Lipinski definition) is 1. The van der Waals surface area contributed by atoms with Gasteiger partial charge in [-0.2, -0.15) is 0 Å². The second-order valence-corrected chi connectivity index (χ2v) is 14.4. The van der Waals surface area contributed by atoms with Crippen molar-refractivity contribution < 1.29 is 9.53 Å². The molecular formula is C33H47NO2. The van der Waals surface area contributed by atoms with Crippen molar-refractivity contribution in [1.82, 2.24) is 0 Å². The predicted octanol–water partition coefficient (Wildman–Crippen LogP) is 7.64. The highest BCUT2D eigenvalue weighted by Gasteiger charge is 2.65. The zero-order chi connectivity index (χ0) is 25.5. The quantitative estimate of drug-likeness (QED) is 0.434. The molecule has 0 heterocycles. The zero-order valence-electron chi connectivity index (χ0n) is 23.2. The second-order valence-electron chi connectivity index (χ2n) is 14.4. The van der Waals surface area contributed by atoms with Crippen molar-refractivity contribution in [2.45, 2.75) is 97.4 Å². The van der Waals surface area contributed by atoms with Crippen LogP contribution in [-0.2, 0) is 4.74 Å². The van der Waals surface area contributed by atoms with Crippen molar-refractivity contribution in [3.63, 3.8) is 0 Å². The number of nitrogens with two attached hydrogens (primary N) is 1. The summed E-state index contributed by atoms with van der Waals surface area (Å²) in [5.74, 6) is 3.73. The van der Waals surface area contributed by atoms with Gasteiger partial charge in [-0.3, -0.25) is 0 Å². The number of allylic oxidation sites excluding steroid dienone is 2. The van der Waals surface area contributed by atoms with Crippen LogP contribution in [0.5, 0.6) is 0 Å². The first-order valence-electron chi connectivity index (χ1n) is 14.7. The molecule has 4 saturated carbocycles. The lowest BCUT2D eigenvalue weighted by Gasteiger charge is -2.68. The Labute approximate surface area is 218 Å². The van der Waals surface area contributed by atoms with E-state index in [1.54, 1.807) is 0 Å². The van der Waals surface area contributed by atoms with E-state index in [0.29, 0.717) is 22.3 Å². The molecule has 0 aromatic heterocycles. The van der Waals surface area contributed by atoms with Crippen molar-refractivity contribution in [3.8, 4) is 0 Å². The average molecular weight is 490 g/mol. The third-order valence-electron chi connectivity index (χ3n) is 12.8. The van der Waals surface area contributed by atoms with E-state index in [2.05, 4.69) is 45.9 Å². The van der Waals surface area contributed by atoms with E-state index in [4.69, 9.17) is 10.5 Å². The van der Waals surface area contributed by atoms with Gasteiger partial charge in [0, 0.05) is 5.54 Å². The number of fused-ring (bicyclic) bond motifs is 7. The summed E-state index contributed by atoms with van der Waals surface area (Å²) in [6.45, 7) is 10.3. The molecule has 1 aromatic carbocycles. The fourth-order valence-corrected chi connectivity index (χ4v) is 11.3. The Balaban J connectivity index is 1.31. The lowest BCUT2D eigenvalue weighted by Crippen LogP contribution is -2.62. The highest BCUT2D eigenvalue weighted by atomic mass is 16.5. The molecule has 0 radical (unpaired) electrons. The number of carbonyl (C=O) groups is 1. The number of methoxy groups -OCH3 is 1. The maximum atomic E-state index is 12.0. The number of carbonyl (C=O) groups excluding carboxylic acids is 1. The summed E-state index contributed by atoms with van der Waals surface area (Å²) in [4.78, 5) is 12.0. The highest BCUT2D eigenvalue weighted by Crippen LogP contribution is 2.72. The Kier molecular flexibility index (Phi) is 5.62. The van der Waals surface area contributed by atoms with Crippen LogP contribution < -0.4 is 5.73 Å². The van der Waals surface area contributed by atoms with Gasteiger partial charge in [0.1, 0.15) is 0 Å². The summed E-state index contributed by atoms with van der Waals surface area (Å²) in [5.41, 5.74) is 11.5. The van der Waals surface area contributed by atoms with Crippen molar-refractivity contribution in [1.29, 1.82) is 0 Å². The van der Waals surface area contributed by atoms with Gasteiger partial charge in [-0.25, -0.2) is 4.79 Å². The Morgan fingerprint density at radius 2 is 1.61 bits per heavy atom. The van der Waals surface area contributed by atoms with Gasteiger partial charge in [0.05, 0.1) is 12.7 Å². The first kappa shape index (κ1) is 24.7. The molecule has 0 spiro atoms. The summed E-state index contributed by atoms with van der Waals surface area (Å²) in [7, 11) is 1.45. The standard InChI is InChI=1S/C33H47NO2/c1-30(2)24(21-8-10-22(11-9-21)29(35)36-5)14-18-32(4)27(30)16-19-31(3)25-15-20-33(34)17-6-7-26(33)23(25)12-13-28(31)32/h8-11,14,23,25-28H,6-7,12-13,15-20,34H2,1-5H3/t23?,25?,26-,27?,28?,31?,32?,33?/m1/s1. The molecule has 0 saturated heterocycles. The predicted molar refractivity (Wildman–Crippen MR) is 146 cm³/mol. The molecule has 0 aliphatic heterocycles. The number of hydrogen-bond acceptors (Lipinski definition) is 3. The first-order chi connectivity index (χ1) is 17.0. The molecule has 0 amide bonds. The van der Waals surface area contributed by atoms with Crippen molar-refractivity contribution >= 4 is 11.5 Å². The van der Waals surface area contributed by atoms with Crippen LogP contribution >= 0.6 is 0 Å². The monoisotopic (exact) mass is 489 g/mol. The van der Waals surface area contributed by atoms with E-state index in [1.807, 2.05) is 12.1 Å². The average Bonchev–Trinajstić information content (AvgIpc) is 3.25. The summed E-state index contributed by atoms with van der Waals surface area (Å²) in [6.07, 6.45) is 15.9. The Hall–Kier alpha value is -1.61. The molecule has 1 aromatic rings. The molecule has 3 heteroatoms. The smallest absolute Gasteiger partial charge is 0.337 e. The minimum absolute atomic E-state index is 0.113. The third kappa shape index (κ3) is 3.30. The molecule has 5 aliphatic rings. The number of rotatable bonds is 2. The molecular weight excluding hydrogens is 442 g/mol. The van der Waals surface area contributed by atoms with E-state index in [1.165, 1.54) is 82.5 Å². The van der Waals surface area contributed by atoms with Crippen LogP contribution in [0.3, 0.4) is 0 Å². The summed E-state index contributed by atoms with van der Waals surface area (Å²) in [5, 5.41) is 0. The Bertz CT molecular complexity index is 1070. The van der Waals surface area contributed by atoms with E-state index >= 15 is 0 Å². The maximum absolute atomic E-state index is 12.0. The van der Waals surface area contributed by atoms with Gasteiger partial charge in [0.15, 0.2) is 0 Å². The number of esters is 1. The van der Waals surface area contributed by atoms with E-state index < -0.39 is 0 Å². The molecule has 4 fully saturated rings. The summed E-state index contributed by atoms with van der Waals surface area (Å²) in [6, 6.07) is 8.11. The van der Waals surface area contributed by atoms with Crippen molar-refractivity contribution in [2.75, 3.05) is 7.11 Å². The minimum Gasteiger partial charge on any atom is -0.465 e. The molecule has 196 valence electrons. The van der Waals surface area contributed by atoms with Crippen LogP contribution in [0.15, 0.2) is 30.3 Å². The van der Waals surface area contributed by atoms with E-state index in [9.17, 15) is 4.79 Å². The lowest BCUT2D eigenvalue weighted by atomic mass is 9.37. The number of benzene rings is 1. The summed E-state index contributed by atoms with van der Waals surface area (Å²) < 4.78 is 4.91. The number of ether oxygens (including phenoxy) is 1. The third-order valence-corrected chi connectivity index (χ3v) is 12.8. The van der Waals surface area contributed by atoms with Gasteiger partial charge >= 0.3 is 5.97 Å². The van der Waals surface area contributed by atoms with E-state index in [-0.39, 0.29) is 16.9 Å². The van der Waals surface area contributed by atoms with Gasteiger partial charge in [-0.05, 0) is 127 Å². The molecule has 6 rings (SSSR count). The molecule has 36 heavy (non-hydrogen) atoms. The van der Waals surface area contributed by atoms with Gasteiger partial charge < -0.3 is 10.5 Å². The fourth-order valence-electron chi connectivity index (χ4n) is 11.3. The summed E-state index contributed by atoms with van der Waals surface area (Å²) >= 11 is 0. The molecule has 8 atom stereocenters. The van der Waals surface area contributed by atoms with Gasteiger partial charge in [0.25, 0.3) is 0 Å². The van der Waals surface area contributed by atoms with Crippen LogP contribution in [-0.4, -0.2) is 18.6 Å². The molecule has 7 unspecified atom stereocenters. The van der Waals surface area contributed by atoms with E-state index in [0.717, 1.165) is 23.7 Å². The zero-order valence-corrected chi connectivity index (χ0v) is 23.2. The van der Waals surface area contributed by atoms with Gasteiger partial charge in [-0.1, -0.05) is 52.3 Å². The SMILES string of the molecule is COC(=O)c1ccc(C2=CCC3(C)C(CCC4(C)C5CCC6(N)CCC[C@@H]6C5CCC43)C2(C)C)cc1. The molecule has 0 bridgehead atoms. The van der Waals surface area contributed by atoms with Crippen LogP contribution in [0.25, 0.3) is 5.57 Å². The second kappa shape index (κ2) is 8.19. The Morgan fingerprint density at radius 1 is 0.861 bits per heavy atom. The van der Waals surface area contributed by atoms with Crippen LogP contribution in [0, 0.1) is 45.8 Å². The van der Waals surface area contributed by atoms with Crippen LogP contribution in [0.1, 0.15) is 108 Å². The molecule has 5 aliphatic carbocycles. The van der Waals surface area contributed by atoms with Gasteiger partial charge in [0.2, 0.25) is 0 Å². The minimum atomic E-state index is -0.264. The van der Waals surface area contributed by atoms with Crippen LogP contribution in [0.2, 0.25) is 0 Å². The van der Waals surface area contributed by atoms with Crippen LogP contribution in [0.4, 0.5) is 0 Å². The maximum Gasteiger partial charge on any atom is 0.337 e. The Morgan fingerprint density at radius 3 is 2.33 bits per heavy atom. The van der Waals surface area contributed by atoms with Crippen molar-refractivity contribution in [2.24, 2.45) is 51.6 Å². The fraction of sp³-hybridized carbons (Fsp3) is 0.727. The lowest BCUT2D eigenvalue weighted by molar-refractivity contribution is -0.170. The molecule has 2 N–H and O–H groups in total.